The van der Waals surface area contributed by atoms with E-state index in [1.165, 1.54) is 31.6 Å². The molecule has 1 aromatic carbocycles. The van der Waals surface area contributed by atoms with Crippen LogP contribution in [0, 0.1) is 0 Å². The van der Waals surface area contributed by atoms with Crippen LogP contribution in [0.5, 0.6) is 0 Å². The van der Waals surface area contributed by atoms with Crippen LogP contribution in [0.4, 0.5) is 22.0 Å². The molecule has 2 rings (SSSR count). The number of aliphatic imine (C=N–C) groups is 1. The van der Waals surface area contributed by atoms with Gasteiger partial charge in [-0.3, -0.25) is 9.56 Å². The van der Waals surface area contributed by atoms with E-state index in [1.807, 2.05) is 0 Å². The zero-order valence-electron chi connectivity index (χ0n) is 14.5. The van der Waals surface area contributed by atoms with Gasteiger partial charge in [-0.25, -0.2) is 4.98 Å². The molecule has 150 valence electrons. The smallest absolute Gasteiger partial charge is 0.349 e. The third-order valence-corrected chi connectivity index (χ3v) is 3.64. The largest absolute Gasteiger partial charge is 0.416 e. The Morgan fingerprint density at radius 1 is 1.26 bits per heavy atom. The number of aromatic nitrogens is 2. The summed E-state index contributed by atoms with van der Waals surface area (Å²) < 4.78 is 64.1. The van der Waals surface area contributed by atoms with Gasteiger partial charge < -0.3 is 10.2 Å². The molecule has 27 heavy (non-hydrogen) atoms. The molecule has 1 aromatic heterocycles. The van der Waals surface area contributed by atoms with Crippen molar-refractivity contribution in [1.82, 2.24) is 19.8 Å². The summed E-state index contributed by atoms with van der Waals surface area (Å²) in [5, 5.41) is 2.90. The van der Waals surface area contributed by atoms with E-state index < -0.39 is 18.3 Å². The second-order valence-electron chi connectivity index (χ2n) is 5.48. The highest BCUT2D eigenvalue weighted by atomic mass is 127. The van der Waals surface area contributed by atoms with E-state index in [0.717, 1.165) is 16.7 Å². The number of hydrogen-bond donors (Lipinski definition) is 1. The lowest BCUT2D eigenvalue weighted by Gasteiger charge is -2.22. The van der Waals surface area contributed by atoms with Crippen molar-refractivity contribution in [2.24, 2.45) is 4.99 Å². The van der Waals surface area contributed by atoms with Crippen LogP contribution < -0.4 is 5.32 Å². The lowest BCUT2D eigenvalue weighted by Crippen LogP contribution is -2.38. The second kappa shape index (κ2) is 9.85. The quantitative estimate of drug-likeness (QED) is 0.289. The van der Waals surface area contributed by atoms with Crippen LogP contribution >= 0.6 is 24.0 Å². The minimum absolute atomic E-state index is 0. The topological polar surface area (TPSA) is 45.5 Å². The van der Waals surface area contributed by atoms with Gasteiger partial charge in [-0.1, -0.05) is 12.1 Å². The summed E-state index contributed by atoms with van der Waals surface area (Å²) in [7, 11) is 3.21. The van der Waals surface area contributed by atoms with Gasteiger partial charge >= 0.3 is 12.7 Å². The molecule has 0 atom stereocenters. The van der Waals surface area contributed by atoms with Gasteiger partial charge in [0.2, 0.25) is 0 Å². The molecule has 5 nitrogen and oxygen atoms in total. The standard InChI is InChI=1S/C16H18F5N5.HI/c1-22-15(24-9-13-23-7-8-26(13)14(17)18)25(2)10-11-3-5-12(6-4-11)16(19,20)21;/h3-8,14H,9-10H2,1-2H3,(H,22,24);1H. The zero-order valence-corrected chi connectivity index (χ0v) is 16.9. The Labute approximate surface area is 170 Å². The lowest BCUT2D eigenvalue weighted by molar-refractivity contribution is -0.137. The van der Waals surface area contributed by atoms with E-state index >= 15 is 0 Å². The fourth-order valence-corrected chi connectivity index (χ4v) is 2.35. The van der Waals surface area contributed by atoms with Gasteiger partial charge in [0.05, 0.1) is 12.1 Å². The van der Waals surface area contributed by atoms with Crippen LogP contribution in [0.15, 0.2) is 41.7 Å². The van der Waals surface area contributed by atoms with Crippen molar-refractivity contribution in [2.45, 2.75) is 25.8 Å². The molecular weight excluding hydrogens is 484 g/mol. The molecule has 0 aliphatic heterocycles. The Bertz CT molecular complexity index is 742. The number of rotatable bonds is 5. The maximum Gasteiger partial charge on any atom is 0.416 e. The van der Waals surface area contributed by atoms with Crippen LogP contribution in [-0.2, 0) is 19.3 Å². The lowest BCUT2D eigenvalue weighted by atomic mass is 10.1. The summed E-state index contributed by atoms with van der Waals surface area (Å²) in [5.74, 6) is 0.540. The summed E-state index contributed by atoms with van der Waals surface area (Å²) in [6.07, 6.45) is -1.93. The Morgan fingerprint density at radius 3 is 2.41 bits per heavy atom. The number of alkyl halides is 5. The predicted molar refractivity (Wildman–Crippen MR) is 102 cm³/mol. The summed E-state index contributed by atoms with van der Waals surface area (Å²) in [4.78, 5) is 9.57. The Morgan fingerprint density at radius 2 is 1.89 bits per heavy atom. The molecule has 1 N–H and O–H groups in total. The summed E-state index contributed by atoms with van der Waals surface area (Å²) in [5.41, 5.74) is -0.0669. The number of hydrogen-bond acceptors (Lipinski definition) is 2. The average Bonchev–Trinajstić information content (AvgIpc) is 3.04. The van der Waals surface area contributed by atoms with Crippen LogP contribution in [0.3, 0.4) is 0 Å². The van der Waals surface area contributed by atoms with Crippen molar-refractivity contribution in [3.8, 4) is 0 Å². The highest BCUT2D eigenvalue weighted by Crippen LogP contribution is 2.29. The first kappa shape index (κ1) is 23.1. The van der Waals surface area contributed by atoms with Crippen molar-refractivity contribution in [3.63, 3.8) is 0 Å². The first-order valence-electron chi connectivity index (χ1n) is 7.60. The maximum atomic E-state index is 12.8. The van der Waals surface area contributed by atoms with Crippen molar-refractivity contribution in [1.29, 1.82) is 0 Å². The van der Waals surface area contributed by atoms with Crippen LogP contribution in [0.25, 0.3) is 0 Å². The van der Waals surface area contributed by atoms with Gasteiger partial charge in [0.15, 0.2) is 5.96 Å². The number of imidazole rings is 1. The van der Waals surface area contributed by atoms with E-state index in [9.17, 15) is 22.0 Å². The Kier molecular flexibility index (Phi) is 8.44. The van der Waals surface area contributed by atoms with E-state index in [2.05, 4.69) is 15.3 Å². The molecule has 1 heterocycles. The van der Waals surface area contributed by atoms with Crippen LogP contribution in [-0.4, -0.2) is 34.5 Å². The molecular formula is C16H19F5IN5. The molecule has 0 amide bonds. The van der Waals surface area contributed by atoms with E-state index in [4.69, 9.17) is 0 Å². The highest BCUT2D eigenvalue weighted by molar-refractivity contribution is 14.0. The van der Waals surface area contributed by atoms with Gasteiger partial charge in [-0.15, -0.1) is 24.0 Å². The predicted octanol–water partition coefficient (Wildman–Crippen LogP) is 4.12. The second-order valence-corrected chi connectivity index (χ2v) is 5.48. The van der Waals surface area contributed by atoms with Crippen LogP contribution in [0.1, 0.15) is 23.5 Å². The first-order valence-corrected chi connectivity index (χ1v) is 7.60. The van der Waals surface area contributed by atoms with Crippen LogP contribution in [0.2, 0.25) is 0 Å². The van der Waals surface area contributed by atoms with Gasteiger partial charge in [0.1, 0.15) is 5.82 Å². The normalized spacial score (nSPS) is 12.1. The number of benzene rings is 1. The van der Waals surface area contributed by atoms with Crippen molar-refractivity contribution in [2.75, 3.05) is 14.1 Å². The summed E-state index contributed by atoms with van der Waals surface area (Å²) in [6.45, 7) is -2.37. The highest BCUT2D eigenvalue weighted by Gasteiger charge is 2.29. The Hall–Kier alpha value is -1.92. The van der Waals surface area contributed by atoms with E-state index in [0.29, 0.717) is 18.1 Å². The summed E-state index contributed by atoms with van der Waals surface area (Å²) in [6, 6.07) is 4.80. The molecule has 0 aliphatic rings. The fraction of sp³-hybridized carbons (Fsp3) is 0.375. The third kappa shape index (κ3) is 6.33. The van der Waals surface area contributed by atoms with Crippen molar-refractivity contribution < 1.29 is 22.0 Å². The zero-order chi connectivity index (χ0) is 19.3. The molecule has 11 heteroatoms. The SMILES string of the molecule is CN=C(NCc1nccn1C(F)F)N(C)Cc1ccc(C(F)(F)F)cc1.I. The molecule has 0 unspecified atom stereocenters. The molecule has 0 saturated heterocycles. The number of nitrogens with one attached hydrogen (secondary N) is 1. The monoisotopic (exact) mass is 503 g/mol. The minimum Gasteiger partial charge on any atom is -0.349 e. The number of nitrogens with zero attached hydrogens (tertiary/aromatic N) is 4. The van der Waals surface area contributed by atoms with E-state index in [-0.39, 0.29) is 36.3 Å². The van der Waals surface area contributed by atoms with Gasteiger partial charge in [0, 0.05) is 33.0 Å². The molecule has 0 radical (unpaired) electrons. The molecule has 2 aromatic rings. The average molecular weight is 503 g/mol. The van der Waals surface area contributed by atoms with Gasteiger partial charge in [0.25, 0.3) is 0 Å². The van der Waals surface area contributed by atoms with Gasteiger partial charge in [-0.05, 0) is 17.7 Å². The van der Waals surface area contributed by atoms with E-state index in [1.54, 1.807) is 11.9 Å². The molecule has 0 saturated carbocycles. The molecule has 0 fully saturated rings. The minimum atomic E-state index is -4.38. The Balaban J connectivity index is 0.00000364. The van der Waals surface area contributed by atoms with Gasteiger partial charge in [-0.2, -0.15) is 22.0 Å². The van der Waals surface area contributed by atoms with Crippen molar-refractivity contribution in [3.05, 3.63) is 53.6 Å². The summed E-state index contributed by atoms with van der Waals surface area (Å²) >= 11 is 0. The fourth-order valence-electron chi connectivity index (χ4n) is 2.35. The maximum absolute atomic E-state index is 12.8. The molecule has 0 aliphatic carbocycles. The first-order chi connectivity index (χ1) is 12.2. The molecule has 0 bridgehead atoms. The van der Waals surface area contributed by atoms with Crippen molar-refractivity contribution >= 4 is 29.9 Å². The third-order valence-electron chi connectivity index (χ3n) is 3.64. The number of halogens is 6. The number of guanidine groups is 1. The molecule has 0 spiro atoms.